The van der Waals surface area contributed by atoms with Crippen LogP contribution in [0.1, 0.15) is 25.3 Å². The van der Waals surface area contributed by atoms with Gasteiger partial charge in [-0.15, -0.1) is 0 Å². The van der Waals surface area contributed by atoms with Crippen LogP contribution in [0.15, 0.2) is 42.5 Å². The predicted molar refractivity (Wildman–Crippen MR) is 97.7 cm³/mol. The zero-order chi connectivity index (χ0) is 19.5. The normalized spacial score (nSPS) is 11.5. The second-order valence-corrected chi connectivity index (χ2v) is 8.10. The summed E-state index contributed by atoms with van der Waals surface area (Å²) in [6.45, 7) is 3.44. The van der Waals surface area contributed by atoms with Crippen molar-refractivity contribution in [1.82, 2.24) is 0 Å². The Labute approximate surface area is 151 Å². The van der Waals surface area contributed by atoms with Crippen LogP contribution < -0.4 is 9.62 Å². The standard InChI is InChI=1S/C18H20F2N2O3S/c1-12(2)13-4-7-15(8-5-13)21-18(23)11-22(26(3,24)25)17-9-6-14(19)10-16(17)20/h4-10,12H,11H2,1-3H3,(H,21,23). The van der Waals surface area contributed by atoms with Crippen LogP contribution in [0, 0.1) is 11.6 Å². The second kappa shape index (κ2) is 7.82. The number of nitrogens with zero attached hydrogens (tertiary/aromatic N) is 1. The SMILES string of the molecule is CC(C)c1ccc(NC(=O)CN(c2ccc(F)cc2F)S(C)(=O)=O)cc1. The molecule has 0 aromatic heterocycles. The van der Waals surface area contributed by atoms with Gasteiger partial charge in [0.1, 0.15) is 18.2 Å². The van der Waals surface area contributed by atoms with E-state index >= 15 is 0 Å². The van der Waals surface area contributed by atoms with Crippen molar-refractivity contribution >= 4 is 27.3 Å². The molecule has 0 aliphatic rings. The molecule has 0 aliphatic carbocycles. The van der Waals surface area contributed by atoms with Crippen molar-refractivity contribution < 1.29 is 22.0 Å². The molecule has 0 atom stereocenters. The topological polar surface area (TPSA) is 66.5 Å². The van der Waals surface area contributed by atoms with Crippen molar-refractivity contribution in [3.63, 3.8) is 0 Å². The quantitative estimate of drug-likeness (QED) is 0.832. The number of sulfonamides is 1. The summed E-state index contributed by atoms with van der Waals surface area (Å²) in [6.07, 6.45) is 0.848. The van der Waals surface area contributed by atoms with Crippen LogP contribution in [-0.2, 0) is 14.8 Å². The summed E-state index contributed by atoms with van der Waals surface area (Å²) in [6, 6.07) is 9.60. The Morgan fingerprint density at radius 1 is 1.12 bits per heavy atom. The Morgan fingerprint density at radius 3 is 2.23 bits per heavy atom. The van der Waals surface area contributed by atoms with Gasteiger partial charge < -0.3 is 5.32 Å². The molecule has 0 heterocycles. The molecule has 140 valence electrons. The number of amides is 1. The number of rotatable bonds is 6. The van der Waals surface area contributed by atoms with Gasteiger partial charge in [-0.25, -0.2) is 17.2 Å². The van der Waals surface area contributed by atoms with Gasteiger partial charge in [0.15, 0.2) is 0 Å². The molecule has 2 aromatic carbocycles. The molecule has 0 saturated carbocycles. The van der Waals surface area contributed by atoms with Crippen molar-refractivity contribution in [2.45, 2.75) is 19.8 Å². The van der Waals surface area contributed by atoms with Gasteiger partial charge in [0.05, 0.1) is 11.9 Å². The number of carbonyl (C=O) groups is 1. The highest BCUT2D eigenvalue weighted by molar-refractivity contribution is 7.92. The van der Waals surface area contributed by atoms with E-state index in [2.05, 4.69) is 5.32 Å². The molecular formula is C18H20F2N2O3S. The van der Waals surface area contributed by atoms with Crippen LogP contribution >= 0.6 is 0 Å². The van der Waals surface area contributed by atoms with E-state index in [0.717, 1.165) is 24.0 Å². The Bertz CT molecular complexity index is 897. The molecular weight excluding hydrogens is 362 g/mol. The second-order valence-electron chi connectivity index (χ2n) is 6.19. The van der Waals surface area contributed by atoms with E-state index in [1.807, 2.05) is 26.0 Å². The van der Waals surface area contributed by atoms with Gasteiger partial charge in [-0.05, 0) is 35.7 Å². The van der Waals surface area contributed by atoms with Crippen LogP contribution in [-0.4, -0.2) is 27.1 Å². The lowest BCUT2D eigenvalue weighted by molar-refractivity contribution is -0.114. The molecule has 2 aromatic rings. The lowest BCUT2D eigenvalue weighted by atomic mass is 10.0. The monoisotopic (exact) mass is 382 g/mol. The van der Waals surface area contributed by atoms with E-state index in [-0.39, 0.29) is 5.69 Å². The van der Waals surface area contributed by atoms with Gasteiger partial charge in [-0.3, -0.25) is 9.10 Å². The van der Waals surface area contributed by atoms with Crippen molar-refractivity contribution in [2.75, 3.05) is 22.4 Å². The molecule has 0 unspecified atom stereocenters. The number of nitrogens with one attached hydrogen (secondary N) is 1. The van der Waals surface area contributed by atoms with Crippen LogP contribution in [0.25, 0.3) is 0 Å². The molecule has 8 heteroatoms. The number of hydrogen-bond donors (Lipinski definition) is 1. The molecule has 26 heavy (non-hydrogen) atoms. The molecule has 1 amide bonds. The minimum absolute atomic E-state index is 0.335. The van der Waals surface area contributed by atoms with Gasteiger partial charge in [0.25, 0.3) is 0 Å². The third-order valence-electron chi connectivity index (χ3n) is 3.73. The Morgan fingerprint density at radius 2 is 1.73 bits per heavy atom. The first-order chi connectivity index (χ1) is 12.1. The van der Waals surface area contributed by atoms with Crippen LogP contribution in [0.4, 0.5) is 20.2 Å². The number of benzene rings is 2. The van der Waals surface area contributed by atoms with E-state index in [1.54, 1.807) is 12.1 Å². The summed E-state index contributed by atoms with van der Waals surface area (Å²) >= 11 is 0. The van der Waals surface area contributed by atoms with Gasteiger partial charge >= 0.3 is 0 Å². The summed E-state index contributed by atoms with van der Waals surface area (Å²) in [4.78, 5) is 12.2. The Kier molecular flexibility index (Phi) is 5.97. The van der Waals surface area contributed by atoms with Crippen molar-refractivity contribution in [3.8, 4) is 0 Å². The van der Waals surface area contributed by atoms with Gasteiger partial charge in [0, 0.05) is 11.8 Å². The van der Waals surface area contributed by atoms with Gasteiger partial charge in [-0.1, -0.05) is 26.0 Å². The largest absolute Gasteiger partial charge is 0.325 e. The van der Waals surface area contributed by atoms with Crippen LogP contribution in [0.2, 0.25) is 0 Å². The van der Waals surface area contributed by atoms with Gasteiger partial charge in [-0.2, -0.15) is 0 Å². The minimum atomic E-state index is -3.95. The summed E-state index contributed by atoms with van der Waals surface area (Å²) in [5, 5.41) is 2.57. The first-order valence-corrected chi connectivity index (χ1v) is 9.75. The molecule has 0 spiro atoms. The number of anilines is 2. The number of halogens is 2. The Hall–Kier alpha value is -2.48. The first-order valence-electron chi connectivity index (χ1n) is 7.90. The van der Waals surface area contributed by atoms with Crippen LogP contribution in [0.5, 0.6) is 0 Å². The third kappa shape index (κ3) is 5.01. The number of hydrogen-bond acceptors (Lipinski definition) is 3. The summed E-state index contributed by atoms with van der Waals surface area (Å²) in [5.41, 5.74) is 1.20. The van der Waals surface area contributed by atoms with Crippen molar-refractivity contribution in [1.29, 1.82) is 0 Å². The van der Waals surface area contributed by atoms with E-state index in [9.17, 15) is 22.0 Å². The molecule has 0 bridgehead atoms. The average molecular weight is 382 g/mol. The lowest BCUT2D eigenvalue weighted by Gasteiger charge is -2.22. The maximum absolute atomic E-state index is 14.0. The highest BCUT2D eigenvalue weighted by atomic mass is 32.2. The number of carbonyl (C=O) groups excluding carboxylic acids is 1. The molecule has 5 nitrogen and oxygen atoms in total. The lowest BCUT2D eigenvalue weighted by Crippen LogP contribution is -2.38. The fourth-order valence-electron chi connectivity index (χ4n) is 2.35. The summed E-state index contributed by atoms with van der Waals surface area (Å²) in [5.74, 6) is -2.21. The van der Waals surface area contributed by atoms with E-state index in [1.165, 1.54) is 0 Å². The Balaban J connectivity index is 2.19. The maximum Gasteiger partial charge on any atom is 0.245 e. The van der Waals surface area contributed by atoms with Crippen LogP contribution in [0.3, 0.4) is 0 Å². The minimum Gasteiger partial charge on any atom is -0.325 e. The fraction of sp³-hybridized carbons (Fsp3) is 0.278. The molecule has 0 saturated heterocycles. The highest BCUT2D eigenvalue weighted by Crippen LogP contribution is 2.23. The van der Waals surface area contributed by atoms with E-state index in [4.69, 9.17) is 0 Å². The van der Waals surface area contributed by atoms with Crippen molar-refractivity contribution in [2.24, 2.45) is 0 Å². The zero-order valence-corrected chi connectivity index (χ0v) is 15.5. The summed E-state index contributed by atoms with van der Waals surface area (Å²) < 4.78 is 51.5. The fourth-order valence-corrected chi connectivity index (χ4v) is 3.20. The van der Waals surface area contributed by atoms with Crippen molar-refractivity contribution in [3.05, 3.63) is 59.7 Å². The first kappa shape index (κ1) is 19.8. The maximum atomic E-state index is 14.0. The molecule has 1 N–H and O–H groups in total. The van der Waals surface area contributed by atoms with E-state index in [0.29, 0.717) is 22.0 Å². The average Bonchev–Trinajstić information content (AvgIpc) is 2.53. The summed E-state index contributed by atoms with van der Waals surface area (Å²) in [7, 11) is -3.95. The molecule has 0 aliphatic heterocycles. The molecule has 2 rings (SSSR count). The van der Waals surface area contributed by atoms with E-state index < -0.39 is 34.1 Å². The highest BCUT2D eigenvalue weighted by Gasteiger charge is 2.24. The smallest absolute Gasteiger partial charge is 0.245 e. The zero-order valence-electron chi connectivity index (χ0n) is 14.7. The predicted octanol–water partition coefficient (Wildman–Crippen LogP) is 3.49. The third-order valence-corrected chi connectivity index (χ3v) is 4.85. The molecule has 0 fully saturated rings. The molecule has 0 radical (unpaired) electrons. The van der Waals surface area contributed by atoms with Gasteiger partial charge in [0.2, 0.25) is 15.9 Å².